The summed E-state index contributed by atoms with van der Waals surface area (Å²) in [6.07, 6.45) is 6.89. The van der Waals surface area contributed by atoms with E-state index in [1.807, 2.05) is 18.5 Å². The van der Waals surface area contributed by atoms with E-state index in [0.29, 0.717) is 6.54 Å². The summed E-state index contributed by atoms with van der Waals surface area (Å²) in [6, 6.07) is 16.8. The van der Waals surface area contributed by atoms with Crippen LogP contribution < -0.4 is 10.6 Å². The number of benzene rings is 2. The number of guanidine groups is 1. The predicted octanol–water partition coefficient (Wildman–Crippen LogP) is 3.63. The fourth-order valence-electron chi connectivity index (χ4n) is 3.70. The van der Waals surface area contributed by atoms with Gasteiger partial charge < -0.3 is 20.2 Å². The van der Waals surface area contributed by atoms with Crippen LogP contribution in [0, 0.1) is 6.92 Å². The van der Waals surface area contributed by atoms with E-state index in [1.54, 1.807) is 7.05 Å². The number of para-hydroxylation sites is 1. The number of H-pyrrole nitrogens is 1. The second kappa shape index (κ2) is 9.31. The minimum absolute atomic E-state index is 0.617. The third-order valence-electron chi connectivity index (χ3n) is 5.33. The molecule has 0 bridgehead atoms. The van der Waals surface area contributed by atoms with Crippen molar-refractivity contribution >= 4 is 16.9 Å². The summed E-state index contributed by atoms with van der Waals surface area (Å²) in [5.41, 5.74) is 5.07. The molecule has 0 saturated heterocycles. The maximum atomic E-state index is 4.50. The molecule has 0 unspecified atom stereocenters. The van der Waals surface area contributed by atoms with Crippen LogP contribution in [0.2, 0.25) is 0 Å². The Balaban J connectivity index is 1.31. The number of imidazole rings is 1. The Hall–Kier alpha value is -3.54. The molecule has 6 heteroatoms. The SMILES string of the molecule is CN=C(NCCc1c[nH]c2c(C)cccc12)NCc1nccn1Cc1ccccc1. The van der Waals surface area contributed by atoms with Crippen molar-refractivity contribution in [1.82, 2.24) is 25.2 Å². The van der Waals surface area contributed by atoms with Crippen molar-refractivity contribution in [3.8, 4) is 0 Å². The highest BCUT2D eigenvalue weighted by atomic mass is 15.2. The first kappa shape index (κ1) is 19.8. The van der Waals surface area contributed by atoms with Gasteiger partial charge in [0.1, 0.15) is 5.82 Å². The van der Waals surface area contributed by atoms with Gasteiger partial charge in [0.15, 0.2) is 5.96 Å². The second-order valence-corrected chi connectivity index (χ2v) is 7.37. The smallest absolute Gasteiger partial charge is 0.191 e. The lowest BCUT2D eigenvalue weighted by molar-refractivity contribution is 0.687. The van der Waals surface area contributed by atoms with Gasteiger partial charge in [0, 0.05) is 49.6 Å². The Morgan fingerprint density at radius 2 is 1.97 bits per heavy atom. The average molecular weight is 401 g/mol. The quantitative estimate of drug-likeness (QED) is 0.328. The Labute approximate surface area is 177 Å². The van der Waals surface area contributed by atoms with Crippen LogP contribution in [0.15, 0.2) is 72.1 Å². The molecular weight excluding hydrogens is 372 g/mol. The first-order valence-electron chi connectivity index (χ1n) is 10.3. The van der Waals surface area contributed by atoms with Crippen LogP contribution in [0.1, 0.15) is 22.5 Å². The minimum Gasteiger partial charge on any atom is -0.361 e. The van der Waals surface area contributed by atoms with Crippen LogP contribution in [-0.4, -0.2) is 34.1 Å². The second-order valence-electron chi connectivity index (χ2n) is 7.37. The highest BCUT2D eigenvalue weighted by molar-refractivity contribution is 5.86. The van der Waals surface area contributed by atoms with Crippen LogP contribution >= 0.6 is 0 Å². The summed E-state index contributed by atoms with van der Waals surface area (Å²) >= 11 is 0. The maximum Gasteiger partial charge on any atom is 0.191 e. The van der Waals surface area contributed by atoms with Crippen LogP contribution in [0.3, 0.4) is 0 Å². The zero-order valence-corrected chi connectivity index (χ0v) is 17.5. The monoisotopic (exact) mass is 400 g/mol. The summed E-state index contributed by atoms with van der Waals surface area (Å²) < 4.78 is 2.16. The molecule has 154 valence electrons. The van der Waals surface area contributed by atoms with Crippen molar-refractivity contribution in [1.29, 1.82) is 0 Å². The summed E-state index contributed by atoms with van der Waals surface area (Å²) in [4.78, 5) is 12.2. The normalized spacial score (nSPS) is 11.7. The van der Waals surface area contributed by atoms with Gasteiger partial charge in [-0.25, -0.2) is 4.98 Å². The molecule has 0 aliphatic heterocycles. The molecule has 4 rings (SSSR count). The maximum absolute atomic E-state index is 4.50. The average Bonchev–Trinajstić information content (AvgIpc) is 3.39. The standard InChI is InChI=1S/C24H28N6/c1-18-7-6-10-21-20(15-28-23(18)21)11-12-27-24(25-2)29-16-22-26-13-14-30(22)17-19-8-4-3-5-9-19/h3-10,13-15,28H,11-12,16-17H2,1-2H3,(H2,25,27,29). The van der Waals surface area contributed by atoms with Gasteiger partial charge >= 0.3 is 0 Å². The number of aromatic nitrogens is 3. The number of aliphatic imine (C=N–C) groups is 1. The lowest BCUT2D eigenvalue weighted by atomic mass is 10.1. The molecule has 4 aromatic rings. The van der Waals surface area contributed by atoms with E-state index in [-0.39, 0.29) is 0 Å². The molecule has 30 heavy (non-hydrogen) atoms. The number of rotatable bonds is 7. The molecular formula is C24H28N6. The van der Waals surface area contributed by atoms with E-state index in [0.717, 1.165) is 31.3 Å². The third-order valence-corrected chi connectivity index (χ3v) is 5.33. The molecule has 0 radical (unpaired) electrons. The summed E-state index contributed by atoms with van der Waals surface area (Å²) in [5, 5.41) is 8.07. The van der Waals surface area contributed by atoms with Crippen molar-refractivity contribution in [2.24, 2.45) is 4.99 Å². The molecule has 0 amide bonds. The predicted molar refractivity (Wildman–Crippen MR) is 123 cm³/mol. The molecule has 0 fully saturated rings. The van der Waals surface area contributed by atoms with Gasteiger partial charge in [0.25, 0.3) is 0 Å². The molecule has 0 atom stereocenters. The van der Waals surface area contributed by atoms with Gasteiger partial charge in [-0.3, -0.25) is 4.99 Å². The van der Waals surface area contributed by atoms with E-state index in [1.165, 1.54) is 27.6 Å². The van der Waals surface area contributed by atoms with Gasteiger partial charge in [-0.05, 0) is 30.0 Å². The van der Waals surface area contributed by atoms with Gasteiger partial charge in [0.05, 0.1) is 6.54 Å². The molecule has 6 nitrogen and oxygen atoms in total. The molecule has 0 saturated carbocycles. The van der Waals surface area contributed by atoms with E-state index in [2.05, 4.69) is 85.7 Å². The Kier molecular flexibility index (Phi) is 6.13. The topological polar surface area (TPSA) is 70.0 Å². The number of aromatic amines is 1. The fraction of sp³-hybridized carbons (Fsp3) is 0.250. The van der Waals surface area contributed by atoms with Crippen molar-refractivity contribution in [3.05, 3.63) is 89.6 Å². The van der Waals surface area contributed by atoms with E-state index in [4.69, 9.17) is 0 Å². The summed E-state index contributed by atoms with van der Waals surface area (Å²) in [7, 11) is 1.79. The number of aryl methyl sites for hydroxylation is 1. The highest BCUT2D eigenvalue weighted by Gasteiger charge is 2.07. The molecule has 2 aromatic heterocycles. The minimum atomic E-state index is 0.617. The first-order chi connectivity index (χ1) is 14.7. The van der Waals surface area contributed by atoms with E-state index >= 15 is 0 Å². The number of hydrogen-bond acceptors (Lipinski definition) is 2. The summed E-state index contributed by atoms with van der Waals surface area (Å²) in [5.74, 6) is 1.76. The van der Waals surface area contributed by atoms with Crippen LogP contribution in [0.5, 0.6) is 0 Å². The highest BCUT2D eigenvalue weighted by Crippen LogP contribution is 2.21. The number of nitrogens with one attached hydrogen (secondary N) is 3. The van der Waals surface area contributed by atoms with Gasteiger partial charge in [0.2, 0.25) is 0 Å². The first-order valence-corrected chi connectivity index (χ1v) is 10.3. The third kappa shape index (κ3) is 4.54. The Bertz CT molecular complexity index is 1120. The van der Waals surface area contributed by atoms with Gasteiger partial charge in [-0.1, -0.05) is 48.5 Å². The zero-order chi connectivity index (χ0) is 20.8. The van der Waals surface area contributed by atoms with Crippen LogP contribution in [0.25, 0.3) is 10.9 Å². The Morgan fingerprint density at radius 1 is 1.10 bits per heavy atom. The largest absolute Gasteiger partial charge is 0.361 e. The number of hydrogen-bond donors (Lipinski definition) is 3. The van der Waals surface area contributed by atoms with E-state index in [9.17, 15) is 0 Å². The number of fused-ring (bicyclic) bond motifs is 1. The lowest BCUT2D eigenvalue weighted by Crippen LogP contribution is -2.38. The van der Waals surface area contributed by atoms with Crippen molar-refractivity contribution in [2.45, 2.75) is 26.4 Å². The molecule has 0 aliphatic rings. The zero-order valence-electron chi connectivity index (χ0n) is 17.5. The fourth-order valence-corrected chi connectivity index (χ4v) is 3.70. The molecule has 2 aromatic carbocycles. The summed E-state index contributed by atoms with van der Waals surface area (Å²) in [6.45, 7) is 4.36. The van der Waals surface area contributed by atoms with E-state index < -0.39 is 0 Å². The van der Waals surface area contributed by atoms with Crippen molar-refractivity contribution < 1.29 is 0 Å². The van der Waals surface area contributed by atoms with Crippen LogP contribution in [-0.2, 0) is 19.5 Å². The van der Waals surface area contributed by atoms with Gasteiger partial charge in [-0.15, -0.1) is 0 Å². The molecule has 2 heterocycles. The van der Waals surface area contributed by atoms with Gasteiger partial charge in [-0.2, -0.15) is 0 Å². The van der Waals surface area contributed by atoms with Crippen LogP contribution in [0.4, 0.5) is 0 Å². The van der Waals surface area contributed by atoms with Crippen molar-refractivity contribution in [2.75, 3.05) is 13.6 Å². The lowest BCUT2D eigenvalue weighted by Gasteiger charge is -2.13. The van der Waals surface area contributed by atoms with Crippen molar-refractivity contribution in [3.63, 3.8) is 0 Å². The molecule has 0 aliphatic carbocycles. The Morgan fingerprint density at radius 3 is 2.80 bits per heavy atom. The molecule has 3 N–H and O–H groups in total. The molecule has 0 spiro atoms. The number of nitrogens with zero attached hydrogens (tertiary/aromatic N) is 3.